The minimum Gasteiger partial charge on any atom is -0.353 e. The number of hydrogen-bond donors (Lipinski definition) is 1. The van der Waals surface area contributed by atoms with Crippen molar-refractivity contribution < 1.29 is 4.79 Å². The maximum absolute atomic E-state index is 11.7. The Labute approximate surface area is 131 Å². The Balaban J connectivity index is 1.58. The van der Waals surface area contributed by atoms with Crippen molar-refractivity contribution in [2.45, 2.75) is 33.1 Å². The van der Waals surface area contributed by atoms with Gasteiger partial charge in [0, 0.05) is 18.0 Å². The summed E-state index contributed by atoms with van der Waals surface area (Å²) in [6.07, 6.45) is 6.97. The highest BCUT2D eigenvalue weighted by atomic mass is 32.1. The molecule has 0 saturated carbocycles. The molecule has 0 aromatic carbocycles. The average Bonchev–Trinajstić information content (AvgIpc) is 2.89. The maximum Gasteiger partial charge on any atom is 0.244 e. The van der Waals surface area contributed by atoms with Crippen molar-refractivity contribution in [3.05, 3.63) is 22.2 Å². The Kier molecular flexibility index (Phi) is 6.39. The summed E-state index contributed by atoms with van der Waals surface area (Å²) in [6.45, 7) is 8.53. The number of piperidine rings is 1. The fourth-order valence-electron chi connectivity index (χ4n) is 2.48. The summed E-state index contributed by atoms with van der Waals surface area (Å²) in [5.41, 5.74) is 0.857. The van der Waals surface area contributed by atoms with Gasteiger partial charge in [-0.15, -0.1) is 11.3 Å². The maximum atomic E-state index is 11.7. The topological polar surface area (TPSA) is 45.2 Å². The number of likely N-dealkylation sites (tertiary alicyclic amines) is 1. The van der Waals surface area contributed by atoms with Gasteiger partial charge in [0.15, 0.2) is 0 Å². The standard InChI is InChI=1S/C16H25N3OS/c1-13-6-10-19(11-7-13)9-3-8-17-16(20)5-4-15-12-21-14(2)18-15/h4-5,12-13H,3,6-11H2,1-2H3,(H,17,20)/b5-4+. The zero-order valence-electron chi connectivity index (χ0n) is 13.0. The van der Waals surface area contributed by atoms with E-state index in [2.05, 4.69) is 22.1 Å². The largest absolute Gasteiger partial charge is 0.353 e. The summed E-state index contributed by atoms with van der Waals surface area (Å²) in [7, 11) is 0. The van der Waals surface area contributed by atoms with Gasteiger partial charge in [-0.25, -0.2) is 4.98 Å². The van der Waals surface area contributed by atoms with Crippen molar-refractivity contribution in [2.75, 3.05) is 26.2 Å². The molecule has 1 aliphatic heterocycles. The lowest BCUT2D eigenvalue weighted by molar-refractivity contribution is -0.116. The molecule has 1 fully saturated rings. The third-order valence-electron chi connectivity index (χ3n) is 3.87. The number of rotatable bonds is 6. The fraction of sp³-hybridized carbons (Fsp3) is 0.625. The first kappa shape index (κ1) is 16.2. The lowest BCUT2D eigenvalue weighted by Crippen LogP contribution is -2.35. The summed E-state index contributed by atoms with van der Waals surface area (Å²) < 4.78 is 0. The van der Waals surface area contributed by atoms with E-state index in [1.165, 1.54) is 25.9 Å². The SMILES string of the molecule is Cc1nc(/C=C/C(=O)NCCCN2CCC(C)CC2)cs1. The van der Waals surface area contributed by atoms with Crippen LogP contribution >= 0.6 is 11.3 Å². The lowest BCUT2D eigenvalue weighted by atomic mass is 9.99. The Morgan fingerprint density at radius 1 is 1.52 bits per heavy atom. The van der Waals surface area contributed by atoms with Crippen LogP contribution in [0.4, 0.5) is 0 Å². The van der Waals surface area contributed by atoms with E-state index in [-0.39, 0.29) is 5.91 Å². The molecule has 2 heterocycles. The second-order valence-corrected chi connectivity index (χ2v) is 6.86. The second kappa shape index (κ2) is 8.29. The van der Waals surface area contributed by atoms with Crippen LogP contribution in [0.15, 0.2) is 11.5 Å². The average molecular weight is 307 g/mol. The van der Waals surface area contributed by atoms with Gasteiger partial charge in [-0.05, 0) is 57.8 Å². The Morgan fingerprint density at radius 3 is 2.95 bits per heavy atom. The number of hydrogen-bond acceptors (Lipinski definition) is 4. The van der Waals surface area contributed by atoms with Crippen LogP contribution in [0.3, 0.4) is 0 Å². The van der Waals surface area contributed by atoms with Gasteiger partial charge in [-0.1, -0.05) is 6.92 Å². The molecule has 4 nitrogen and oxygen atoms in total. The first-order chi connectivity index (χ1) is 10.1. The van der Waals surface area contributed by atoms with Crippen LogP contribution in [0.1, 0.15) is 36.9 Å². The van der Waals surface area contributed by atoms with Crippen molar-refractivity contribution in [2.24, 2.45) is 5.92 Å². The van der Waals surface area contributed by atoms with Crippen LogP contribution in [0, 0.1) is 12.8 Å². The van der Waals surface area contributed by atoms with Crippen molar-refractivity contribution >= 4 is 23.3 Å². The minimum atomic E-state index is -0.0343. The van der Waals surface area contributed by atoms with Gasteiger partial charge in [-0.2, -0.15) is 0 Å². The zero-order valence-corrected chi connectivity index (χ0v) is 13.8. The molecule has 1 aromatic rings. The molecule has 1 aromatic heterocycles. The molecule has 5 heteroatoms. The van der Waals surface area contributed by atoms with Gasteiger partial charge in [0.2, 0.25) is 5.91 Å². The molecule has 0 aliphatic carbocycles. The number of nitrogens with zero attached hydrogens (tertiary/aromatic N) is 2. The van der Waals surface area contributed by atoms with Gasteiger partial charge < -0.3 is 10.2 Å². The van der Waals surface area contributed by atoms with Crippen molar-refractivity contribution in [3.8, 4) is 0 Å². The number of carbonyl (C=O) groups excluding carboxylic acids is 1. The highest BCUT2D eigenvalue weighted by Gasteiger charge is 2.14. The molecule has 0 bridgehead atoms. The van der Waals surface area contributed by atoms with Crippen LogP contribution < -0.4 is 5.32 Å². The fourth-order valence-corrected chi connectivity index (χ4v) is 3.06. The highest BCUT2D eigenvalue weighted by molar-refractivity contribution is 7.09. The molecule has 1 saturated heterocycles. The summed E-state index contributed by atoms with van der Waals surface area (Å²) in [5.74, 6) is 0.841. The molecule has 2 rings (SSSR count). The number of aromatic nitrogens is 1. The smallest absolute Gasteiger partial charge is 0.244 e. The lowest BCUT2D eigenvalue weighted by Gasteiger charge is -2.30. The number of amides is 1. The number of aryl methyl sites for hydroxylation is 1. The molecule has 1 amide bonds. The first-order valence-electron chi connectivity index (χ1n) is 7.74. The molecular formula is C16H25N3OS. The number of thiazole rings is 1. The van der Waals surface area contributed by atoms with Gasteiger partial charge in [0.1, 0.15) is 0 Å². The highest BCUT2D eigenvalue weighted by Crippen LogP contribution is 2.15. The van der Waals surface area contributed by atoms with Crippen LogP contribution in [0.2, 0.25) is 0 Å². The minimum absolute atomic E-state index is 0.0343. The van der Waals surface area contributed by atoms with Gasteiger partial charge in [0.05, 0.1) is 10.7 Å². The molecule has 116 valence electrons. The Bertz CT molecular complexity index is 476. The van der Waals surface area contributed by atoms with Gasteiger partial charge >= 0.3 is 0 Å². The summed E-state index contributed by atoms with van der Waals surface area (Å²) in [4.78, 5) is 18.5. The molecule has 21 heavy (non-hydrogen) atoms. The van der Waals surface area contributed by atoms with Crippen molar-refractivity contribution in [1.29, 1.82) is 0 Å². The van der Waals surface area contributed by atoms with E-state index in [4.69, 9.17) is 0 Å². The molecule has 1 N–H and O–H groups in total. The van der Waals surface area contributed by atoms with E-state index in [9.17, 15) is 4.79 Å². The second-order valence-electron chi connectivity index (χ2n) is 5.79. The van der Waals surface area contributed by atoms with Crippen LogP contribution in [0.25, 0.3) is 6.08 Å². The Hall–Kier alpha value is -1.20. The third-order valence-corrected chi connectivity index (χ3v) is 4.66. The van der Waals surface area contributed by atoms with E-state index in [0.717, 1.165) is 36.1 Å². The van der Waals surface area contributed by atoms with Gasteiger partial charge in [0.25, 0.3) is 0 Å². The van der Waals surface area contributed by atoms with E-state index >= 15 is 0 Å². The normalized spacial score (nSPS) is 17.4. The van der Waals surface area contributed by atoms with Gasteiger partial charge in [-0.3, -0.25) is 4.79 Å². The van der Waals surface area contributed by atoms with Crippen LogP contribution in [-0.4, -0.2) is 42.0 Å². The summed E-state index contributed by atoms with van der Waals surface area (Å²) >= 11 is 1.59. The molecular weight excluding hydrogens is 282 g/mol. The van der Waals surface area contributed by atoms with E-state index < -0.39 is 0 Å². The van der Waals surface area contributed by atoms with E-state index in [1.54, 1.807) is 23.5 Å². The summed E-state index contributed by atoms with van der Waals surface area (Å²) in [5, 5.41) is 5.91. The first-order valence-corrected chi connectivity index (χ1v) is 8.62. The molecule has 0 atom stereocenters. The quantitative estimate of drug-likeness (QED) is 0.649. The van der Waals surface area contributed by atoms with Crippen LogP contribution in [0.5, 0.6) is 0 Å². The monoisotopic (exact) mass is 307 g/mol. The number of carbonyl (C=O) groups is 1. The number of nitrogens with one attached hydrogen (secondary N) is 1. The molecule has 0 spiro atoms. The molecule has 0 radical (unpaired) electrons. The third kappa shape index (κ3) is 5.98. The van der Waals surface area contributed by atoms with E-state index in [1.807, 2.05) is 12.3 Å². The Morgan fingerprint density at radius 2 is 2.29 bits per heavy atom. The predicted molar refractivity (Wildman–Crippen MR) is 88.3 cm³/mol. The molecule has 0 unspecified atom stereocenters. The molecule has 1 aliphatic rings. The van der Waals surface area contributed by atoms with Crippen molar-refractivity contribution in [3.63, 3.8) is 0 Å². The van der Waals surface area contributed by atoms with Crippen LogP contribution in [-0.2, 0) is 4.79 Å². The summed E-state index contributed by atoms with van der Waals surface area (Å²) in [6, 6.07) is 0. The van der Waals surface area contributed by atoms with E-state index in [0.29, 0.717) is 0 Å². The zero-order chi connectivity index (χ0) is 15.1. The predicted octanol–water partition coefficient (Wildman–Crippen LogP) is 2.70. The van der Waals surface area contributed by atoms with Crippen molar-refractivity contribution in [1.82, 2.24) is 15.2 Å².